The molecule has 0 bridgehead atoms. The molecule has 0 saturated heterocycles. The van der Waals surface area contributed by atoms with Gasteiger partial charge in [0.05, 0.1) is 6.20 Å². The molecule has 1 aromatic heterocycles. The molecule has 0 radical (unpaired) electrons. The minimum atomic E-state index is -0.813. The van der Waals surface area contributed by atoms with E-state index >= 15 is 0 Å². The Morgan fingerprint density at radius 1 is 1.53 bits per heavy atom. The Bertz CT molecular complexity index is 430. The second kappa shape index (κ2) is 7.40. The van der Waals surface area contributed by atoms with Crippen molar-refractivity contribution in [3.63, 3.8) is 0 Å². The molecule has 1 heterocycles. The van der Waals surface area contributed by atoms with Gasteiger partial charge >= 0.3 is 12.0 Å². The van der Waals surface area contributed by atoms with Crippen LogP contribution >= 0.6 is 0 Å². The highest BCUT2D eigenvalue weighted by molar-refractivity contribution is 5.74. The zero-order chi connectivity index (χ0) is 14.3. The van der Waals surface area contributed by atoms with Gasteiger partial charge in [-0.25, -0.2) is 4.79 Å². The summed E-state index contributed by atoms with van der Waals surface area (Å²) in [4.78, 5) is 21.9. The van der Waals surface area contributed by atoms with Crippen molar-refractivity contribution in [2.45, 2.75) is 45.7 Å². The van der Waals surface area contributed by atoms with Crippen molar-refractivity contribution in [3.05, 3.63) is 17.5 Å². The highest BCUT2D eigenvalue weighted by Crippen LogP contribution is 2.02. The number of carboxylic acids is 1. The summed E-state index contributed by atoms with van der Waals surface area (Å²) < 4.78 is 0. The first kappa shape index (κ1) is 15.0. The molecule has 1 aromatic rings. The molecule has 1 atom stereocenters. The molecule has 19 heavy (non-hydrogen) atoms. The Labute approximate surface area is 111 Å². The first-order chi connectivity index (χ1) is 8.99. The number of carbonyl (C=O) groups is 2. The standard InChI is InChI=1S/C12H20N4O3/c1-8(4-3-5-11(17)18)15-12(19)13-6-10-7-14-16-9(10)2/h7-8H,3-6H2,1-2H3,(H,14,16)(H,17,18)(H2,13,15,19). The van der Waals surface area contributed by atoms with Crippen LogP contribution in [0.2, 0.25) is 0 Å². The molecule has 0 aliphatic rings. The minimum absolute atomic E-state index is 0.0511. The summed E-state index contributed by atoms with van der Waals surface area (Å²) in [6, 6.07) is -0.312. The average molecular weight is 268 g/mol. The second-order valence-electron chi connectivity index (χ2n) is 4.53. The Morgan fingerprint density at radius 2 is 2.26 bits per heavy atom. The molecule has 0 spiro atoms. The summed E-state index contributed by atoms with van der Waals surface area (Å²) in [5, 5.41) is 20.7. The predicted octanol–water partition coefficient (Wildman–Crippen LogP) is 1.16. The average Bonchev–Trinajstić information content (AvgIpc) is 2.71. The van der Waals surface area contributed by atoms with Gasteiger partial charge in [0.15, 0.2) is 0 Å². The molecule has 0 saturated carbocycles. The molecule has 1 unspecified atom stereocenters. The Morgan fingerprint density at radius 3 is 2.84 bits per heavy atom. The van der Waals surface area contributed by atoms with Crippen LogP contribution in [0.4, 0.5) is 4.79 Å². The van der Waals surface area contributed by atoms with Gasteiger partial charge in [-0.05, 0) is 26.7 Å². The summed E-state index contributed by atoms with van der Waals surface area (Å²) in [6.45, 7) is 4.15. The second-order valence-corrected chi connectivity index (χ2v) is 4.53. The van der Waals surface area contributed by atoms with Crippen LogP contribution in [0.15, 0.2) is 6.20 Å². The summed E-state index contributed by atoms with van der Waals surface area (Å²) >= 11 is 0. The lowest BCUT2D eigenvalue weighted by Gasteiger charge is -2.14. The number of aromatic nitrogens is 2. The summed E-state index contributed by atoms with van der Waals surface area (Å²) in [6.07, 6.45) is 3.00. The fraction of sp³-hybridized carbons (Fsp3) is 0.583. The lowest BCUT2D eigenvalue weighted by Crippen LogP contribution is -2.40. The van der Waals surface area contributed by atoms with E-state index in [4.69, 9.17) is 5.11 Å². The molecule has 7 nitrogen and oxygen atoms in total. The fourth-order valence-electron chi connectivity index (χ4n) is 1.64. The van der Waals surface area contributed by atoms with Gasteiger partial charge in [0.25, 0.3) is 0 Å². The number of carbonyl (C=O) groups excluding carboxylic acids is 1. The third kappa shape index (κ3) is 5.89. The number of aryl methyl sites for hydroxylation is 1. The van der Waals surface area contributed by atoms with Crippen molar-refractivity contribution in [2.75, 3.05) is 0 Å². The van der Waals surface area contributed by atoms with Crippen LogP contribution in [-0.4, -0.2) is 33.3 Å². The molecular formula is C12H20N4O3. The third-order valence-electron chi connectivity index (χ3n) is 2.78. The van der Waals surface area contributed by atoms with Gasteiger partial charge in [0.2, 0.25) is 0 Å². The Balaban J connectivity index is 2.20. The third-order valence-corrected chi connectivity index (χ3v) is 2.78. The monoisotopic (exact) mass is 268 g/mol. The lowest BCUT2D eigenvalue weighted by molar-refractivity contribution is -0.137. The van der Waals surface area contributed by atoms with Crippen LogP contribution in [0.3, 0.4) is 0 Å². The van der Waals surface area contributed by atoms with Crippen LogP contribution in [-0.2, 0) is 11.3 Å². The van der Waals surface area contributed by atoms with Crippen molar-refractivity contribution < 1.29 is 14.7 Å². The highest BCUT2D eigenvalue weighted by atomic mass is 16.4. The van der Waals surface area contributed by atoms with Gasteiger partial charge in [-0.1, -0.05) is 0 Å². The SMILES string of the molecule is Cc1[nH]ncc1CNC(=O)NC(C)CCCC(=O)O. The number of carboxylic acid groups (broad SMARTS) is 1. The quantitative estimate of drug-likeness (QED) is 0.595. The van der Waals surface area contributed by atoms with E-state index in [1.54, 1.807) is 6.20 Å². The van der Waals surface area contributed by atoms with Crippen molar-refractivity contribution in [3.8, 4) is 0 Å². The zero-order valence-electron chi connectivity index (χ0n) is 11.2. The molecule has 0 aliphatic heterocycles. The largest absolute Gasteiger partial charge is 0.481 e. The highest BCUT2D eigenvalue weighted by Gasteiger charge is 2.08. The van der Waals surface area contributed by atoms with E-state index in [0.717, 1.165) is 11.3 Å². The van der Waals surface area contributed by atoms with E-state index in [0.29, 0.717) is 19.4 Å². The van der Waals surface area contributed by atoms with Crippen molar-refractivity contribution in [1.82, 2.24) is 20.8 Å². The van der Waals surface area contributed by atoms with Crippen LogP contribution in [0.5, 0.6) is 0 Å². The predicted molar refractivity (Wildman–Crippen MR) is 69.6 cm³/mol. The maximum Gasteiger partial charge on any atom is 0.315 e. The van der Waals surface area contributed by atoms with Crippen LogP contribution in [0.25, 0.3) is 0 Å². The van der Waals surface area contributed by atoms with E-state index in [1.807, 2.05) is 13.8 Å². The van der Waals surface area contributed by atoms with E-state index in [2.05, 4.69) is 20.8 Å². The van der Waals surface area contributed by atoms with Gasteiger partial charge in [0.1, 0.15) is 0 Å². The number of aromatic amines is 1. The van der Waals surface area contributed by atoms with E-state index in [-0.39, 0.29) is 18.5 Å². The van der Waals surface area contributed by atoms with Gasteiger partial charge in [-0.15, -0.1) is 0 Å². The number of nitrogens with one attached hydrogen (secondary N) is 3. The van der Waals surface area contributed by atoms with Crippen LogP contribution in [0, 0.1) is 6.92 Å². The summed E-state index contributed by atoms with van der Waals surface area (Å²) in [5.74, 6) is -0.813. The molecule has 0 aromatic carbocycles. The molecule has 4 N–H and O–H groups in total. The molecule has 0 fully saturated rings. The number of rotatable bonds is 7. The van der Waals surface area contributed by atoms with Crippen LogP contribution < -0.4 is 10.6 Å². The normalized spacial score (nSPS) is 11.9. The topological polar surface area (TPSA) is 107 Å². The fourth-order valence-corrected chi connectivity index (χ4v) is 1.64. The molecule has 7 heteroatoms. The number of amides is 2. The van der Waals surface area contributed by atoms with Crippen molar-refractivity contribution >= 4 is 12.0 Å². The molecular weight excluding hydrogens is 248 g/mol. The minimum Gasteiger partial charge on any atom is -0.481 e. The smallest absolute Gasteiger partial charge is 0.315 e. The molecule has 106 valence electrons. The summed E-state index contributed by atoms with van der Waals surface area (Å²) in [5.41, 5.74) is 1.86. The number of H-pyrrole nitrogens is 1. The number of aliphatic carboxylic acids is 1. The molecule has 1 rings (SSSR count). The van der Waals surface area contributed by atoms with E-state index < -0.39 is 5.97 Å². The zero-order valence-corrected chi connectivity index (χ0v) is 11.2. The number of nitrogens with zero attached hydrogens (tertiary/aromatic N) is 1. The van der Waals surface area contributed by atoms with Gasteiger partial charge < -0.3 is 15.7 Å². The van der Waals surface area contributed by atoms with Gasteiger partial charge in [-0.2, -0.15) is 5.10 Å². The molecule has 0 aliphatic carbocycles. The number of hydrogen-bond acceptors (Lipinski definition) is 3. The van der Waals surface area contributed by atoms with E-state index in [9.17, 15) is 9.59 Å². The Hall–Kier alpha value is -2.05. The van der Waals surface area contributed by atoms with Gasteiger partial charge in [0, 0.05) is 30.3 Å². The van der Waals surface area contributed by atoms with Crippen molar-refractivity contribution in [2.24, 2.45) is 0 Å². The lowest BCUT2D eigenvalue weighted by atomic mass is 10.1. The maximum absolute atomic E-state index is 11.6. The van der Waals surface area contributed by atoms with Gasteiger partial charge in [-0.3, -0.25) is 9.89 Å². The van der Waals surface area contributed by atoms with E-state index in [1.165, 1.54) is 0 Å². The van der Waals surface area contributed by atoms with Crippen LogP contribution in [0.1, 0.15) is 37.4 Å². The number of hydrogen-bond donors (Lipinski definition) is 4. The molecule has 2 amide bonds. The summed E-state index contributed by atoms with van der Waals surface area (Å²) in [7, 11) is 0. The Kier molecular flexibility index (Phi) is 5.84. The maximum atomic E-state index is 11.6. The first-order valence-electron chi connectivity index (χ1n) is 6.24. The van der Waals surface area contributed by atoms with Crippen molar-refractivity contribution in [1.29, 1.82) is 0 Å². The number of urea groups is 1. The first-order valence-corrected chi connectivity index (χ1v) is 6.24.